The van der Waals surface area contributed by atoms with Crippen molar-refractivity contribution in [3.05, 3.63) is 51.0 Å². The first-order valence-electron chi connectivity index (χ1n) is 6.93. The van der Waals surface area contributed by atoms with E-state index in [0.29, 0.717) is 6.04 Å². The van der Waals surface area contributed by atoms with Crippen molar-refractivity contribution in [3.63, 3.8) is 0 Å². The summed E-state index contributed by atoms with van der Waals surface area (Å²) in [5.74, 6) is 0. The van der Waals surface area contributed by atoms with Crippen LogP contribution in [0.1, 0.15) is 31.9 Å². The van der Waals surface area contributed by atoms with E-state index in [2.05, 4.69) is 74.2 Å². The Labute approximate surface area is 147 Å². The van der Waals surface area contributed by atoms with Crippen LogP contribution in [0, 0.1) is 0 Å². The molecule has 0 saturated heterocycles. The summed E-state index contributed by atoms with van der Waals surface area (Å²) < 4.78 is 2.16. The average Bonchev–Trinajstić information content (AvgIpc) is 2.47. The van der Waals surface area contributed by atoms with Gasteiger partial charge in [0.05, 0.1) is 4.47 Å². The number of nitrogens with one attached hydrogen (secondary N) is 1. The Morgan fingerprint density at radius 3 is 2.71 bits per heavy atom. The molecular weight excluding hydrogens is 412 g/mol. The molecule has 0 fully saturated rings. The van der Waals surface area contributed by atoms with Crippen LogP contribution < -0.4 is 5.32 Å². The summed E-state index contributed by atoms with van der Waals surface area (Å²) in [5.41, 5.74) is 1.29. The second-order valence-electron chi connectivity index (χ2n) is 4.75. The van der Waals surface area contributed by atoms with Gasteiger partial charge in [-0.2, -0.15) is 0 Å². The maximum absolute atomic E-state index is 4.39. The van der Waals surface area contributed by atoms with Gasteiger partial charge in [-0.3, -0.25) is 0 Å². The van der Waals surface area contributed by atoms with E-state index in [4.69, 9.17) is 0 Å². The summed E-state index contributed by atoms with van der Waals surface area (Å²) in [6, 6.07) is 10.8. The van der Waals surface area contributed by atoms with Crippen molar-refractivity contribution in [2.45, 2.75) is 36.2 Å². The molecule has 1 atom stereocenters. The fourth-order valence-electron chi connectivity index (χ4n) is 1.95. The molecule has 0 aliphatic heterocycles. The lowest BCUT2D eigenvalue weighted by Gasteiger charge is -2.16. The molecule has 1 N–H and O–H groups in total. The summed E-state index contributed by atoms with van der Waals surface area (Å²) in [7, 11) is 0. The molecule has 0 amide bonds. The van der Waals surface area contributed by atoms with Crippen molar-refractivity contribution in [1.29, 1.82) is 0 Å². The van der Waals surface area contributed by atoms with Crippen LogP contribution in [0.5, 0.6) is 0 Å². The highest BCUT2D eigenvalue weighted by Gasteiger charge is 2.10. The fraction of sp³-hybridized carbons (Fsp3) is 0.312. The first kappa shape index (κ1) is 17.0. The van der Waals surface area contributed by atoms with Crippen LogP contribution >= 0.6 is 43.6 Å². The van der Waals surface area contributed by atoms with Gasteiger partial charge in [-0.05, 0) is 65.6 Å². The molecule has 1 aromatic heterocycles. The molecule has 0 aliphatic carbocycles. The zero-order valence-corrected chi connectivity index (χ0v) is 16.1. The summed E-state index contributed by atoms with van der Waals surface area (Å²) >= 11 is 8.88. The first-order valence-corrected chi connectivity index (χ1v) is 9.33. The third-order valence-corrected chi connectivity index (χ3v) is 5.68. The third kappa shape index (κ3) is 4.81. The zero-order valence-electron chi connectivity index (χ0n) is 12.1. The molecule has 0 aliphatic rings. The largest absolute Gasteiger partial charge is 0.310 e. The number of hydrogen-bond donors (Lipinski definition) is 1. The van der Waals surface area contributed by atoms with E-state index >= 15 is 0 Å². The molecule has 2 aromatic rings. The predicted molar refractivity (Wildman–Crippen MR) is 96.9 cm³/mol. The molecule has 0 spiro atoms. The maximum Gasteiger partial charge on any atom is 0.115 e. The van der Waals surface area contributed by atoms with Crippen molar-refractivity contribution in [2.24, 2.45) is 0 Å². The molecule has 0 radical (unpaired) electrons. The number of pyridine rings is 1. The van der Waals surface area contributed by atoms with Gasteiger partial charge in [0.15, 0.2) is 0 Å². The van der Waals surface area contributed by atoms with Crippen LogP contribution in [0.15, 0.2) is 55.4 Å². The smallest absolute Gasteiger partial charge is 0.115 e. The van der Waals surface area contributed by atoms with E-state index < -0.39 is 0 Å². The lowest BCUT2D eigenvalue weighted by Crippen LogP contribution is -2.19. The van der Waals surface area contributed by atoms with E-state index in [1.165, 1.54) is 10.5 Å². The molecule has 2 nitrogen and oxygen atoms in total. The van der Waals surface area contributed by atoms with Crippen molar-refractivity contribution in [1.82, 2.24) is 10.3 Å². The minimum Gasteiger partial charge on any atom is -0.310 e. The van der Waals surface area contributed by atoms with Gasteiger partial charge < -0.3 is 5.32 Å². The Balaban J connectivity index is 2.14. The van der Waals surface area contributed by atoms with Crippen LogP contribution in [-0.4, -0.2) is 11.5 Å². The van der Waals surface area contributed by atoms with Gasteiger partial charge in [0.25, 0.3) is 0 Å². The second kappa shape index (κ2) is 8.32. The highest BCUT2D eigenvalue weighted by Crippen LogP contribution is 2.34. The van der Waals surface area contributed by atoms with Crippen molar-refractivity contribution in [3.8, 4) is 0 Å². The number of rotatable bonds is 6. The molecule has 1 unspecified atom stereocenters. The molecule has 0 bridgehead atoms. The normalized spacial score (nSPS) is 12.4. The Morgan fingerprint density at radius 1 is 1.24 bits per heavy atom. The van der Waals surface area contributed by atoms with E-state index in [1.54, 1.807) is 11.8 Å². The van der Waals surface area contributed by atoms with Gasteiger partial charge in [-0.1, -0.05) is 40.7 Å². The third-order valence-electron chi connectivity index (χ3n) is 3.08. The number of nitrogens with zero attached hydrogens (tertiary/aromatic N) is 1. The number of hydrogen-bond acceptors (Lipinski definition) is 3. The molecule has 1 aromatic carbocycles. The topological polar surface area (TPSA) is 24.9 Å². The number of aromatic nitrogens is 1. The minimum atomic E-state index is 0.347. The SMILES string of the molecule is CCCNC(C)c1ccc(Sc2ncccc2Br)cc1Br. The van der Waals surface area contributed by atoms with Gasteiger partial charge in [-0.15, -0.1) is 0 Å². The minimum absolute atomic E-state index is 0.347. The highest BCUT2D eigenvalue weighted by atomic mass is 79.9. The van der Waals surface area contributed by atoms with E-state index in [0.717, 1.165) is 26.9 Å². The van der Waals surface area contributed by atoms with Crippen molar-refractivity contribution >= 4 is 43.6 Å². The van der Waals surface area contributed by atoms with Crippen LogP contribution in [0.3, 0.4) is 0 Å². The van der Waals surface area contributed by atoms with Gasteiger partial charge in [-0.25, -0.2) is 4.98 Å². The number of halogens is 2. The van der Waals surface area contributed by atoms with E-state index in [9.17, 15) is 0 Å². The van der Waals surface area contributed by atoms with Crippen molar-refractivity contribution < 1.29 is 0 Å². The summed E-state index contributed by atoms with van der Waals surface area (Å²) in [6.07, 6.45) is 2.96. The molecular formula is C16H18Br2N2S. The highest BCUT2D eigenvalue weighted by molar-refractivity contribution is 9.10. The van der Waals surface area contributed by atoms with Crippen LogP contribution in [0.25, 0.3) is 0 Å². The average molecular weight is 430 g/mol. The van der Waals surface area contributed by atoms with E-state index in [-0.39, 0.29) is 0 Å². The van der Waals surface area contributed by atoms with Crippen LogP contribution in [0.2, 0.25) is 0 Å². The Kier molecular flexibility index (Phi) is 6.74. The summed E-state index contributed by atoms with van der Waals surface area (Å²) in [5, 5.41) is 4.49. The lowest BCUT2D eigenvalue weighted by atomic mass is 10.1. The Hall–Kier alpha value is -0.360. The predicted octanol–water partition coefficient (Wildman–Crippen LogP) is 5.82. The Morgan fingerprint density at radius 2 is 2.05 bits per heavy atom. The number of benzene rings is 1. The standard InChI is InChI=1S/C16H18Br2N2S/c1-3-8-19-11(2)13-7-6-12(10-15(13)18)21-16-14(17)5-4-9-20-16/h4-7,9-11,19H,3,8H2,1-2H3. The summed E-state index contributed by atoms with van der Waals surface area (Å²) in [4.78, 5) is 5.56. The Bertz CT molecular complexity index is 605. The lowest BCUT2D eigenvalue weighted by molar-refractivity contribution is 0.568. The molecule has 112 valence electrons. The first-order chi connectivity index (χ1) is 10.1. The monoisotopic (exact) mass is 428 g/mol. The maximum atomic E-state index is 4.39. The molecule has 0 saturated carbocycles. The van der Waals surface area contributed by atoms with Gasteiger partial charge in [0.1, 0.15) is 5.03 Å². The quantitative estimate of drug-likeness (QED) is 0.626. The molecule has 5 heteroatoms. The van der Waals surface area contributed by atoms with Gasteiger partial charge >= 0.3 is 0 Å². The second-order valence-corrected chi connectivity index (χ2v) is 7.52. The van der Waals surface area contributed by atoms with Crippen LogP contribution in [-0.2, 0) is 0 Å². The van der Waals surface area contributed by atoms with Crippen molar-refractivity contribution in [2.75, 3.05) is 6.54 Å². The molecule has 1 heterocycles. The summed E-state index contributed by atoms with van der Waals surface area (Å²) in [6.45, 7) is 5.40. The van der Waals surface area contributed by atoms with Gasteiger partial charge in [0.2, 0.25) is 0 Å². The molecule has 2 rings (SSSR count). The van der Waals surface area contributed by atoms with E-state index in [1.807, 2.05) is 18.3 Å². The molecule has 21 heavy (non-hydrogen) atoms. The fourth-order valence-corrected chi connectivity index (χ4v) is 4.14. The van der Waals surface area contributed by atoms with Crippen LogP contribution in [0.4, 0.5) is 0 Å². The van der Waals surface area contributed by atoms with Gasteiger partial charge in [0, 0.05) is 21.6 Å². The zero-order chi connectivity index (χ0) is 15.2.